The van der Waals surface area contributed by atoms with Gasteiger partial charge in [0.1, 0.15) is 6.04 Å². The lowest BCUT2D eigenvalue weighted by atomic mass is 10.1. The number of hydrogen-bond donors (Lipinski definition) is 1. The fourth-order valence-electron chi connectivity index (χ4n) is 3.35. The number of ether oxygens (including phenoxy) is 1. The second-order valence-electron chi connectivity index (χ2n) is 6.92. The summed E-state index contributed by atoms with van der Waals surface area (Å²) in [6, 6.07) is 12.8. The highest BCUT2D eigenvalue weighted by molar-refractivity contribution is 7.90. The number of hydrogen-bond acceptors (Lipinski definition) is 4. The molecule has 1 aromatic heterocycles. The summed E-state index contributed by atoms with van der Waals surface area (Å²) in [6.07, 6.45) is 7.82. The van der Waals surface area contributed by atoms with Gasteiger partial charge >= 0.3 is 16.2 Å². The van der Waals surface area contributed by atoms with Crippen LogP contribution in [0.2, 0.25) is 0 Å². The van der Waals surface area contributed by atoms with Crippen LogP contribution in [0.1, 0.15) is 37.7 Å². The van der Waals surface area contributed by atoms with Gasteiger partial charge in [-0.15, -0.1) is 0 Å². The fraction of sp³-hybridized carbons (Fsp3) is 0.450. The maximum atomic E-state index is 12.7. The van der Waals surface area contributed by atoms with Gasteiger partial charge in [-0.1, -0.05) is 30.3 Å². The van der Waals surface area contributed by atoms with Gasteiger partial charge in [-0.05, 0) is 56.2 Å². The van der Waals surface area contributed by atoms with E-state index in [9.17, 15) is 13.2 Å². The van der Waals surface area contributed by atoms with E-state index in [0.29, 0.717) is 19.6 Å². The SMILES string of the molecule is O=C(OCCCCc1ccccc1)C1CCCCN1S(=O)(=O)Nn1cccc1. The lowest BCUT2D eigenvalue weighted by Gasteiger charge is -2.33. The van der Waals surface area contributed by atoms with Crippen LogP contribution in [-0.2, 0) is 26.2 Å². The van der Waals surface area contributed by atoms with E-state index in [1.54, 1.807) is 24.5 Å². The molecule has 0 aliphatic carbocycles. The van der Waals surface area contributed by atoms with Gasteiger partial charge in [0, 0.05) is 18.9 Å². The Morgan fingerprint density at radius 2 is 1.82 bits per heavy atom. The number of unbranched alkanes of at least 4 members (excludes halogenated alkanes) is 1. The summed E-state index contributed by atoms with van der Waals surface area (Å²) < 4.78 is 33.4. The van der Waals surface area contributed by atoms with Crippen molar-refractivity contribution in [3.63, 3.8) is 0 Å². The van der Waals surface area contributed by atoms with Gasteiger partial charge in [0.05, 0.1) is 6.61 Å². The number of nitrogens with one attached hydrogen (secondary N) is 1. The number of benzene rings is 1. The highest BCUT2D eigenvalue weighted by Crippen LogP contribution is 2.21. The van der Waals surface area contributed by atoms with Crippen LogP contribution in [0.5, 0.6) is 0 Å². The van der Waals surface area contributed by atoms with Gasteiger partial charge in [0.25, 0.3) is 0 Å². The minimum Gasteiger partial charge on any atom is -0.464 e. The first-order valence-corrected chi connectivity index (χ1v) is 11.1. The molecule has 0 saturated carbocycles. The molecule has 1 aliphatic rings. The minimum absolute atomic E-state index is 0.307. The number of aryl methyl sites for hydroxylation is 1. The molecule has 2 heterocycles. The standard InChI is InChI=1S/C20H27N3O4S/c24-20(27-17-9-5-12-18-10-2-1-3-11-18)19-13-4-6-16-23(19)28(25,26)21-22-14-7-8-15-22/h1-3,7-8,10-11,14-15,19,21H,4-6,9,12-13,16-17H2. The summed E-state index contributed by atoms with van der Waals surface area (Å²) in [5.41, 5.74) is 1.26. The van der Waals surface area contributed by atoms with Crippen LogP contribution in [0.4, 0.5) is 0 Å². The number of carbonyl (C=O) groups excluding carboxylic acids is 1. The molecule has 1 saturated heterocycles. The smallest absolute Gasteiger partial charge is 0.324 e. The zero-order chi connectivity index (χ0) is 19.8. The molecule has 0 radical (unpaired) electrons. The van der Waals surface area contributed by atoms with Crippen LogP contribution in [0.25, 0.3) is 0 Å². The molecule has 1 N–H and O–H groups in total. The summed E-state index contributed by atoms with van der Waals surface area (Å²) >= 11 is 0. The summed E-state index contributed by atoms with van der Waals surface area (Å²) in [5, 5.41) is 0. The average molecular weight is 406 g/mol. The second kappa shape index (κ2) is 9.75. The van der Waals surface area contributed by atoms with E-state index < -0.39 is 22.2 Å². The zero-order valence-electron chi connectivity index (χ0n) is 15.9. The maximum Gasteiger partial charge on any atom is 0.324 e. The van der Waals surface area contributed by atoms with Crippen molar-refractivity contribution in [1.29, 1.82) is 0 Å². The number of rotatable bonds is 9. The minimum atomic E-state index is -3.83. The van der Waals surface area contributed by atoms with Crippen molar-refractivity contribution in [2.45, 2.75) is 44.6 Å². The Morgan fingerprint density at radius 3 is 2.57 bits per heavy atom. The first kappa shape index (κ1) is 20.4. The van der Waals surface area contributed by atoms with E-state index >= 15 is 0 Å². The number of nitrogens with zero attached hydrogens (tertiary/aromatic N) is 2. The van der Waals surface area contributed by atoms with Gasteiger partial charge < -0.3 is 4.74 Å². The van der Waals surface area contributed by atoms with Gasteiger partial charge in [0.2, 0.25) is 0 Å². The topological polar surface area (TPSA) is 80.6 Å². The number of piperidine rings is 1. The van der Waals surface area contributed by atoms with E-state index in [4.69, 9.17) is 4.74 Å². The Kier molecular flexibility index (Phi) is 7.11. The fourth-order valence-corrected chi connectivity index (χ4v) is 4.74. The third-order valence-corrected chi connectivity index (χ3v) is 6.30. The Labute approximate surface area is 166 Å². The molecule has 152 valence electrons. The Hall–Kier alpha value is -2.32. The predicted molar refractivity (Wildman–Crippen MR) is 107 cm³/mol. The number of aromatic nitrogens is 1. The molecule has 1 unspecified atom stereocenters. The number of carbonyl (C=O) groups is 1. The Bertz CT molecular complexity index is 838. The van der Waals surface area contributed by atoms with Gasteiger partial charge in [-0.25, -0.2) is 4.83 Å². The molecule has 3 rings (SSSR count). The Balaban J connectivity index is 1.49. The molecule has 1 aliphatic heterocycles. The second-order valence-corrected chi connectivity index (χ2v) is 8.52. The van der Waals surface area contributed by atoms with Gasteiger partial charge in [-0.3, -0.25) is 9.47 Å². The van der Waals surface area contributed by atoms with Crippen molar-refractivity contribution in [2.24, 2.45) is 0 Å². The van der Waals surface area contributed by atoms with E-state index in [-0.39, 0.29) is 0 Å². The van der Waals surface area contributed by atoms with Crippen molar-refractivity contribution in [1.82, 2.24) is 8.98 Å². The lowest BCUT2D eigenvalue weighted by molar-refractivity contribution is -0.149. The van der Waals surface area contributed by atoms with E-state index in [2.05, 4.69) is 17.0 Å². The van der Waals surface area contributed by atoms with Gasteiger partial charge in [-0.2, -0.15) is 12.7 Å². The first-order chi connectivity index (χ1) is 13.6. The first-order valence-electron chi connectivity index (χ1n) is 9.69. The molecular formula is C20H27N3O4S. The molecule has 28 heavy (non-hydrogen) atoms. The molecule has 8 heteroatoms. The third-order valence-electron chi connectivity index (χ3n) is 4.81. The van der Waals surface area contributed by atoms with Crippen LogP contribution in [0, 0.1) is 0 Å². The summed E-state index contributed by atoms with van der Waals surface area (Å²) in [4.78, 5) is 15.0. The highest BCUT2D eigenvalue weighted by Gasteiger charge is 2.37. The summed E-state index contributed by atoms with van der Waals surface area (Å²) in [6.45, 7) is 0.617. The van der Waals surface area contributed by atoms with E-state index in [0.717, 1.165) is 32.1 Å². The number of esters is 1. The maximum absolute atomic E-state index is 12.7. The van der Waals surface area contributed by atoms with Crippen LogP contribution in [-0.4, -0.2) is 42.6 Å². The van der Waals surface area contributed by atoms with Crippen molar-refractivity contribution in [3.8, 4) is 0 Å². The molecule has 1 atom stereocenters. The predicted octanol–water partition coefficient (Wildman–Crippen LogP) is 2.70. The lowest BCUT2D eigenvalue weighted by Crippen LogP contribution is -2.51. The van der Waals surface area contributed by atoms with Crippen molar-refractivity contribution >= 4 is 16.2 Å². The van der Waals surface area contributed by atoms with Crippen molar-refractivity contribution in [2.75, 3.05) is 18.0 Å². The van der Waals surface area contributed by atoms with E-state index in [1.165, 1.54) is 14.5 Å². The molecule has 2 aromatic rings. The third kappa shape index (κ3) is 5.59. The van der Waals surface area contributed by atoms with E-state index in [1.807, 2.05) is 18.2 Å². The molecular weight excluding hydrogens is 378 g/mol. The Morgan fingerprint density at radius 1 is 1.07 bits per heavy atom. The normalized spacial score (nSPS) is 17.9. The summed E-state index contributed by atoms with van der Waals surface area (Å²) in [5.74, 6) is -0.461. The molecule has 7 nitrogen and oxygen atoms in total. The molecule has 1 fully saturated rings. The van der Waals surface area contributed by atoms with Crippen LogP contribution >= 0.6 is 0 Å². The van der Waals surface area contributed by atoms with Crippen molar-refractivity contribution in [3.05, 3.63) is 60.4 Å². The quantitative estimate of drug-likeness (QED) is 0.514. The molecule has 0 spiro atoms. The average Bonchev–Trinajstić information content (AvgIpc) is 3.20. The van der Waals surface area contributed by atoms with Gasteiger partial charge in [0.15, 0.2) is 0 Å². The van der Waals surface area contributed by atoms with Crippen LogP contribution in [0.15, 0.2) is 54.9 Å². The highest BCUT2D eigenvalue weighted by atomic mass is 32.2. The zero-order valence-corrected chi connectivity index (χ0v) is 16.7. The molecule has 0 bridgehead atoms. The largest absolute Gasteiger partial charge is 0.464 e. The molecule has 1 aromatic carbocycles. The van der Waals surface area contributed by atoms with Crippen LogP contribution in [0.3, 0.4) is 0 Å². The monoisotopic (exact) mass is 405 g/mol. The summed E-state index contributed by atoms with van der Waals surface area (Å²) in [7, 11) is -3.83. The van der Waals surface area contributed by atoms with Crippen molar-refractivity contribution < 1.29 is 17.9 Å². The van der Waals surface area contributed by atoms with Crippen LogP contribution < -0.4 is 4.83 Å². The molecule has 0 amide bonds.